The third-order valence-electron chi connectivity index (χ3n) is 2.84. The molecule has 1 heterocycles. The minimum Gasteiger partial charge on any atom is -0.289 e. The summed E-state index contributed by atoms with van der Waals surface area (Å²) in [6, 6.07) is 7.96. The quantitative estimate of drug-likeness (QED) is 0.367. The highest BCUT2D eigenvalue weighted by atomic mass is 32.1. The Morgan fingerprint density at radius 2 is 1.90 bits per heavy atom. The van der Waals surface area contributed by atoms with Crippen LogP contribution in [-0.2, 0) is 0 Å². The van der Waals surface area contributed by atoms with Crippen molar-refractivity contribution in [2.24, 2.45) is 0 Å². The van der Waals surface area contributed by atoms with E-state index in [-0.39, 0.29) is 11.5 Å². The molecule has 2 rings (SSSR count). The van der Waals surface area contributed by atoms with Gasteiger partial charge in [0.1, 0.15) is 0 Å². The Bertz CT molecular complexity index is 684. The molecule has 0 aliphatic rings. The maximum Gasteiger partial charge on any atom is 0.269 e. The lowest BCUT2D eigenvalue weighted by molar-refractivity contribution is -0.384. The summed E-state index contributed by atoms with van der Waals surface area (Å²) in [5.74, 6) is -0.0507. The standard InChI is InChI=1S/C15H13NO3S/c1-10-9-14(11(2)20-10)15(17)8-5-12-3-6-13(7-4-12)16(18)19/h3-9H,1-2H3/b8-5+. The number of hydrogen-bond acceptors (Lipinski definition) is 4. The SMILES string of the molecule is Cc1cc(C(=O)/C=C/c2ccc([N+](=O)[O-])cc2)c(C)s1. The van der Waals surface area contributed by atoms with Gasteiger partial charge in [-0.05, 0) is 43.7 Å². The van der Waals surface area contributed by atoms with Crippen LogP contribution in [0.25, 0.3) is 6.08 Å². The van der Waals surface area contributed by atoms with E-state index in [0.29, 0.717) is 5.56 Å². The smallest absolute Gasteiger partial charge is 0.269 e. The number of hydrogen-bond donors (Lipinski definition) is 0. The van der Waals surface area contributed by atoms with Gasteiger partial charge in [-0.15, -0.1) is 11.3 Å². The molecule has 0 fully saturated rings. The summed E-state index contributed by atoms with van der Waals surface area (Å²) in [5, 5.41) is 10.5. The van der Waals surface area contributed by atoms with Gasteiger partial charge in [-0.3, -0.25) is 14.9 Å². The van der Waals surface area contributed by atoms with Gasteiger partial charge >= 0.3 is 0 Å². The summed E-state index contributed by atoms with van der Waals surface area (Å²) >= 11 is 1.59. The Hall–Kier alpha value is -2.27. The van der Waals surface area contributed by atoms with Gasteiger partial charge < -0.3 is 0 Å². The second-order valence-electron chi connectivity index (χ2n) is 4.37. The van der Waals surface area contributed by atoms with Gasteiger partial charge in [0.2, 0.25) is 0 Å². The van der Waals surface area contributed by atoms with E-state index in [1.165, 1.54) is 18.2 Å². The lowest BCUT2D eigenvalue weighted by atomic mass is 10.1. The summed E-state index contributed by atoms with van der Waals surface area (Å²) in [4.78, 5) is 24.2. The van der Waals surface area contributed by atoms with Gasteiger partial charge in [-0.2, -0.15) is 0 Å². The molecule has 0 aliphatic carbocycles. The van der Waals surface area contributed by atoms with Gasteiger partial charge in [-0.1, -0.05) is 6.08 Å². The van der Waals surface area contributed by atoms with Crippen LogP contribution < -0.4 is 0 Å². The predicted molar refractivity (Wildman–Crippen MR) is 80.3 cm³/mol. The number of benzene rings is 1. The Morgan fingerprint density at radius 1 is 1.25 bits per heavy atom. The minimum atomic E-state index is -0.448. The van der Waals surface area contributed by atoms with E-state index in [4.69, 9.17) is 0 Å². The van der Waals surface area contributed by atoms with Crippen molar-refractivity contribution in [3.05, 3.63) is 67.4 Å². The first kappa shape index (κ1) is 14.1. The lowest BCUT2D eigenvalue weighted by Crippen LogP contribution is -1.93. The van der Waals surface area contributed by atoms with Crippen LogP contribution in [0, 0.1) is 24.0 Å². The average molecular weight is 287 g/mol. The Morgan fingerprint density at radius 3 is 2.40 bits per heavy atom. The first-order valence-electron chi connectivity index (χ1n) is 6.01. The zero-order valence-electron chi connectivity index (χ0n) is 11.1. The fraction of sp³-hybridized carbons (Fsp3) is 0.133. The fourth-order valence-electron chi connectivity index (χ4n) is 1.84. The van der Waals surface area contributed by atoms with Crippen molar-refractivity contribution >= 4 is 28.9 Å². The number of thiophene rings is 1. The van der Waals surface area contributed by atoms with Crippen LogP contribution in [0.5, 0.6) is 0 Å². The molecule has 0 bridgehead atoms. The van der Waals surface area contributed by atoms with Crippen molar-refractivity contribution in [1.29, 1.82) is 0 Å². The number of nitro benzene ring substituents is 1. The molecule has 2 aromatic rings. The summed E-state index contributed by atoms with van der Waals surface area (Å²) < 4.78 is 0. The molecule has 4 nitrogen and oxygen atoms in total. The number of ketones is 1. The van der Waals surface area contributed by atoms with Gasteiger partial charge in [0.25, 0.3) is 5.69 Å². The highest BCUT2D eigenvalue weighted by molar-refractivity contribution is 7.12. The highest BCUT2D eigenvalue weighted by Crippen LogP contribution is 2.21. The number of aryl methyl sites for hydroxylation is 2. The molecule has 0 spiro atoms. The van der Waals surface area contributed by atoms with Crippen LogP contribution in [0.4, 0.5) is 5.69 Å². The van der Waals surface area contributed by atoms with Crippen molar-refractivity contribution in [3.8, 4) is 0 Å². The molecule has 1 aromatic carbocycles. The summed E-state index contributed by atoms with van der Waals surface area (Å²) in [5.41, 5.74) is 1.51. The average Bonchev–Trinajstić information content (AvgIpc) is 2.75. The number of carbonyl (C=O) groups excluding carboxylic acids is 1. The zero-order chi connectivity index (χ0) is 14.7. The van der Waals surface area contributed by atoms with Crippen molar-refractivity contribution < 1.29 is 9.72 Å². The third-order valence-corrected chi connectivity index (χ3v) is 3.80. The Kier molecular flexibility index (Phi) is 4.10. The predicted octanol–water partition coefficient (Wildman–Crippen LogP) is 4.17. The molecule has 1 aromatic heterocycles. The van der Waals surface area contributed by atoms with Crippen LogP contribution in [0.2, 0.25) is 0 Å². The lowest BCUT2D eigenvalue weighted by Gasteiger charge is -1.95. The second kappa shape index (κ2) is 5.79. The number of carbonyl (C=O) groups is 1. The fourth-order valence-corrected chi connectivity index (χ4v) is 2.77. The summed E-state index contributed by atoms with van der Waals surface area (Å²) in [6.07, 6.45) is 3.16. The monoisotopic (exact) mass is 287 g/mol. The molecular formula is C15H13NO3S. The molecule has 0 radical (unpaired) electrons. The van der Waals surface area contributed by atoms with E-state index in [1.54, 1.807) is 29.5 Å². The maximum absolute atomic E-state index is 12.0. The Labute approximate surface area is 120 Å². The van der Waals surface area contributed by atoms with Crippen molar-refractivity contribution in [3.63, 3.8) is 0 Å². The van der Waals surface area contributed by atoms with Gasteiger partial charge in [0.05, 0.1) is 4.92 Å². The normalized spacial score (nSPS) is 10.9. The van der Waals surface area contributed by atoms with Gasteiger partial charge in [-0.25, -0.2) is 0 Å². The number of allylic oxidation sites excluding steroid dienone is 1. The third kappa shape index (κ3) is 3.19. The number of nitrogens with zero attached hydrogens (tertiary/aromatic N) is 1. The number of rotatable bonds is 4. The first-order chi connectivity index (χ1) is 9.47. The summed E-state index contributed by atoms with van der Waals surface area (Å²) in [7, 11) is 0. The zero-order valence-corrected chi connectivity index (χ0v) is 11.9. The van der Waals surface area contributed by atoms with Crippen LogP contribution >= 0.6 is 11.3 Å². The molecule has 0 unspecified atom stereocenters. The summed E-state index contributed by atoms with van der Waals surface area (Å²) in [6.45, 7) is 3.89. The van der Waals surface area contributed by atoms with E-state index >= 15 is 0 Å². The van der Waals surface area contributed by atoms with Crippen LogP contribution in [-0.4, -0.2) is 10.7 Å². The molecular weight excluding hydrogens is 274 g/mol. The molecule has 0 atom stereocenters. The van der Waals surface area contributed by atoms with Gasteiger partial charge in [0.15, 0.2) is 5.78 Å². The van der Waals surface area contributed by atoms with E-state index in [0.717, 1.165) is 15.3 Å². The molecule has 20 heavy (non-hydrogen) atoms. The largest absolute Gasteiger partial charge is 0.289 e. The Balaban J connectivity index is 2.15. The highest BCUT2D eigenvalue weighted by Gasteiger charge is 2.09. The number of nitro groups is 1. The van der Waals surface area contributed by atoms with Crippen LogP contribution in [0.1, 0.15) is 25.7 Å². The van der Waals surface area contributed by atoms with E-state index in [2.05, 4.69) is 0 Å². The molecule has 0 aliphatic heterocycles. The van der Waals surface area contributed by atoms with Crippen molar-refractivity contribution in [2.45, 2.75) is 13.8 Å². The molecule has 0 saturated carbocycles. The second-order valence-corrected chi connectivity index (χ2v) is 5.83. The van der Waals surface area contributed by atoms with Gasteiger partial charge in [0, 0.05) is 27.5 Å². The molecule has 0 saturated heterocycles. The topological polar surface area (TPSA) is 60.2 Å². The molecule has 5 heteroatoms. The van der Waals surface area contributed by atoms with E-state index in [9.17, 15) is 14.9 Å². The van der Waals surface area contributed by atoms with Crippen LogP contribution in [0.15, 0.2) is 36.4 Å². The molecule has 0 N–H and O–H groups in total. The maximum atomic E-state index is 12.0. The minimum absolute atomic E-state index is 0.0396. The van der Waals surface area contributed by atoms with E-state index in [1.807, 2.05) is 19.9 Å². The first-order valence-corrected chi connectivity index (χ1v) is 6.83. The van der Waals surface area contributed by atoms with E-state index < -0.39 is 4.92 Å². The molecule has 102 valence electrons. The number of non-ortho nitro benzene ring substituents is 1. The van der Waals surface area contributed by atoms with Crippen molar-refractivity contribution in [2.75, 3.05) is 0 Å². The van der Waals surface area contributed by atoms with Crippen LogP contribution in [0.3, 0.4) is 0 Å². The van der Waals surface area contributed by atoms with Crippen molar-refractivity contribution in [1.82, 2.24) is 0 Å². The molecule has 0 amide bonds.